The molecular weight excluding hydrogens is 401 g/mol. The summed E-state index contributed by atoms with van der Waals surface area (Å²) >= 11 is 6.42. The van der Waals surface area contributed by atoms with Crippen LogP contribution >= 0.6 is 23.6 Å². The van der Waals surface area contributed by atoms with Gasteiger partial charge in [0.05, 0.1) is 18.4 Å². The van der Waals surface area contributed by atoms with Gasteiger partial charge in [0, 0.05) is 31.1 Å². The second-order valence-electron chi connectivity index (χ2n) is 6.33. The van der Waals surface area contributed by atoms with Crippen LogP contribution in [0.25, 0.3) is 10.2 Å². The summed E-state index contributed by atoms with van der Waals surface area (Å²) in [6.45, 7) is 4.87. The van der Waals surface area contributed by atoms with E-state index in [0.717, 1.165) is 20.6 Å². The lowest BCUT2D eigenvalue weighted by Crippen LogP contribution is -2.39. The van der Waals surface area contributed by atoms with Crippen molar-refractivity contribution in [3.63, 3.8) is 0 Å². The van der Waals surface area contributed by atoms with Crippen LogP contribution in [0.1, 0.15) is 23.8 Å². The molecule has 0 amide bonds. The normalized spacial score (nSPS) is 15.0. The molecule has 0 bridgehead atoms. The van der Waals surface area contributed by atoms with Crippen molar-refractivity contribution in [2.45, 2.75) is 46.1 Å². The Bertz CT molecular complexity index is 1010. The third kappa shape index (κ3) is 3.75. The Kier molecular flexibility index (Phi) is 5.35. The maximum Gasteiger partial charge on any atom is 0.390 e. The van der Waals surface area contributed by atoms with Crippen LogP contribution in [-0.2, 0) is 19.6 Å². The first-order chi connectivity index (χ1) is 12.6. The molecule has 0 atom stereocenters. The fraction of sp³-hybridized carbons (Fsp3) is 0.562. The Labute approximate surface area is 162 Å². The standard InChI is InChI=1S/C16H19F3N4O2S2/c1-3-22-12(24)11-9(2)10(8-21-7-5-20-14(21)26)27-13(11)23(15(22)25)6-4-16(17,18)19/h3-8H2,1-2H3,(H,20,26). The highest BCUT2D eigenvalue weighted by Crippen LogP contribution is 2.30. The molecule has 2 aromatic rings. The molecule has 6 nitrogen and oxygen atoms in total. The molecule has 2 aromatic heterocycles. The molecule has 148 valence electrons. The van der Waals surface area contributed by atoms with Crippen molar-refractivity contribution < 1.29 is 13.2 Å². The van der Waals surface area contributed by atoms with Gasteiger partial charge in [0.2, 0.25) is 0 Å². The smallest absolute Gasteiger partial charge is 0.361 e. The van der Waals surface area contributed by atoms with Crippen LogP contribution in [0.5, 0.6) is 0 Å². The van der Waals surface area contributed by atoms with Gasteiger partial charge in [0.1, 0.15) is 4.83 Å². The van der Waals surface area contributed by atoms with Crippen molar-refractivity contribution in [2.24, 2.45) is 0 Å². The molecule has 11 heteroatoms. The highest BCUT2D eigenvalue weighted by molar-refractivity contribution is 7.80. The molecule has 0 aliphatic carbocycles. The molecule has 27 heavy (non-hydrogen) atoms. The lowest BCUT2D eigenvalue weighted by atomic mass is 10.2. The summed E-state index contributed by atoms with van der Waals surface area (Å²) in [5.41, 5.74) is -0.467. The summed E-state index contributed by atoms with van der Waals surface area (Å²) in [6, 6.07) is 0. The van der Waals surface area contributed by atoms with Crippen molar-refractivity contribution >= 4 is 38.9 Å². The van der Waals surface area contributed by atoms with Gasteiger partial charge >= 0.3 is 11.9 Å². The van der Waals surface area contributed by atoms with Crippen molar-refractivity contribution in [3.8, 4) is 0 Å². The highest BCUT2D eigenvalue weighted by atomic mass is 32.1. The van der Waals surface area contributed by atoms with Crippen LogP contribution in [0.15, 0.2) is 9.59 Å². The average Bonchev–Trinajstić information content (AvgIpc) is 3.11. The van der Waals surface area contributed by atoms with Gasteiger partial charge in [-0.2, -0.15) is 13.2 Å². The van der Waals surface area contributed by atoms with Crippen LogP contribution in [0.2, 0.25) is 0 Å². The van der Waals surface area contributed by atoms with Crippen LogP contribution in [0, 0.1) is 6.92 Å². The zero-order valence-corrected chi connectivity index (χ0v) is 16.5. The van der Waals surface area contributed by atoms with E-state index in [9.17, 15) is 22.8 Å². The Morgan fingerprint density at radius 1 is 1.26 bits per heavy atom. The Hall–Kier alpha value is -1.88. The summed E-state index contributed by atoms with van der Waals surface area (Å²) in [7, 11) is 0. The summed E-state index contributed by atoms with van der Waals surface area (Å²) in [5.74, 6) is 0. The number of fused-ring (bicyclic) bond motifs is 1. The number of thiocarbonyl (C=S) groups is 1. The average molecular weight is 420 g/mol. The zero-order valence-electron chi connectivity index (χ0n) is 14.9. The first kappa shape index (κ1) is 19.9. The number of alkyl halides is 3. The number of aromatic nitrogens is 2. The zero-order chi connectivity index (χ0) is 19.9. The number of hydrogen-bond acceptors (Lipinski definition) is 4. The number of thiophene rings is 1. The molecule has 1 saturated heterocycles. The number of nitrogens with zero attached hydrogens (tertiary/aromatic N) is 3. The van der Waals surface area contributed by atoms with Crippen LogP contribution in [-0.4, -0.2) is 38.4 Å². The second kappa shape index (κ2) is 7.27. The van der Waals surface area contributed by atoms with Gasteiger partial charge in [-0.15, -0.1) is 11.3 Å². The lowest BCUT2D eigenvalue weighted by Gasteiger charge is -2.15. The summed E-state index contributed by atoms with van der Waals surface area (Å²) in [6.07, 6.45) is -5.52. The maximum atomic E-state index is 12.8. The van der Waals surface area contributed by atoms with Gasteiger partial charge in [0.15, 0.2) is 5.11 Å². The second-order valence-corrected chi connectivity index (χ2v) is 7.80. The number of rotatable bonds is 5. The van der Waals surface area contributed by atoms with Gasteiger partial charge < -0.3 is 10.2 Å². The molecule has 3 rings (SSSR count). The largest absolute Gasteiger partial charge is 0.390 e. The van der Waals surface area contributed by atoms with Crippen LogP contribution < -0.4 is 16.6 Å². The van der Waals surface area contributed by atoms with Crippen molar-refractivity contribution in [2.75, 3.05) is 13.1 Å². The van der Waals surface area contributed by atoms with Gasteiger partial charge in [0.25, 0.3) is 5.56 Å². The predicted molar refractivity (Wildman–Crippen MR) is 102 cm³/mol. The third-order valence-electron chi connectivity index (χ3n) is 4.61. The van der Waals surface area contributed by atoms with E-state index in [1.807, 2.05) is 4.90 Å². The molecule has 0 radical (unpaired) electrons. The van der Waals surface area contributed by atoms with Crippen LogP contribution in [0.4, 0.5) is 13.2 Å². The van der Waals surface area contributed by atoms with E-state index in [1.165, 1.54) is 11.3 Å². The van der Waals surface area contributed by atoms with Gasteiger partial charge in [-0.3, -0.25) is 13.9 Å². The van der Waals surface area contributed by atoms with Gasteiger partial charge in [-0.1, -0.05) is 0 Å². The Balaban J connectivity index is 2.15. The van der Waals surface area contributed by atoms with Gasteiger partial charge in [-0.05, 0) is 31.6 Å². The minimum atomic E-state index is -4.39. The summed E-state index contributed by atoms with van der Waals surface area (Å²) in [5, 5.41) is 3.97. The quantitative estimate of drug-likeness (QED) is 0.752. The maximum absolute atomic E-state index is 12.8. The summed E-state index contributed by atoms with van der Waals surface area (Å²) in [4.78, 5) is 28.4. The number of halogens is 3. The monoisotopic (exact) mass is 420 g/mol. The number of nitrogens with one attached hydrogen (secondary N) is 1. The van der Waals surface area contributed by atoms with Crippen molar-refractivity contribution in [1.82, 2.24) is 19.4 Å². The highest BCUT2D eigenvalue weighted by Gasteiger charge is 2.29. The molecule has 1 aliphatic heterocycles. The molecule has 0 spiro atoms. The molecule has 1 fully saturated rings. The summed E-state index contributed by atoms with van der Waals surface area (Å²) < 4.78 is 40.2. The first-order valence-corrected chi connectivity index (χ1v) is 9.71. The van der Waals surface area contributed by atoms with Crippen molar-refractivity contribution in [3.05, 3.63) is 31.3 Å². The first-order valence-electron chi connectivity index (χ1n) is 8.49. The van der Waals surface area contributed by atoms with E-state index in [1.54, 1.807) is 13.8 Å². The topological polar surface area (TPSA) is 59.3 Å². The van der Waals surface area contributed by atoms with E-state index in [4.69, 9.17) is 12.2 Å². The minimum absolute atomic E-state index is 0.102. The number of hydrogen-bond donors (Lipinski definition) is 1. The molecule has 3 heterocycles. The molecule has 0 aromatic carbocycles. The third-order valence-corrected chi connectivity index (χ3v) is 6.31. The Morgan fingerprint density at radius 2 is 1.96 bits per heavy atom. The lowest BCUT2D eigenvalue weighted by molar-refractivity contribution is -0.136. The fourth-order valence-corrected chi connectivity index (χ4v) is 4.73. The minimum Gasteiger partial charge on any atom is -0.361 e. The van der Waals surface area contributed by atoms with E-state index in [0.29, 0.717) is 34.0 Å². The molecular formula is C16H19F3N4O2S2. The molecule has 1 N–H and O–H groups in total. The van der Waals surface area contributed by atoms with Gasteiger partial charge in [-0.25, -0.2) is 4.79 Å². The molecule has 1 aliphatic rings. The van der Waals surface area contributed by atoms with E-state index in [2.05, 4.69) is 5.32 Å². The van der Waals surface area contributed by atoms with E-state index in [-0.39, 0.29) is 6.54 Å². The molecule has 0 unspecified atom stereocenters. The Morgan fingerprint density at radius 3 is 2.52 bits per heavy atom. The SMILES string of the molecule is CCn1c(=O)c2c(C)c(CN3CCNC3=S)sc2n(CCC(F)(F)F)c1=O. The fourth-order valence-electron chi connectivity index (χ4n) is 3.14. The molecule has 0 saturated carbocycles. The van der Waals surface area contributed by atoms with E-state index < -0.39 is 30.4 Å². The van der Waals surface area contributed by atoms with E-state index >= 15 is 0 Å². The number of aryl methyl sites for hydroxylation is 2. The van der Waals surface area contributed by atoms with Crippen molar-refractivity contribution in [1.29, 1.82) is 0 Å². The van der Waals surface area contributed by atoms with Crippen LogP contribution in [0.3, 0.4) is 0 Å². The predicted octanol–water partition coefficient (Wildman–Crippen LogP) is 2.20.